The molecule has 0 radical (unpaired) electrons. The molecule has 0 aromatic heterocycles. The van der Waals surface area contributed by atoms with Crippen molar-refractivity contribution in [3.05, 3.63) is 22.2 Å². The summed E-state index contributed by atoms with van der Waals surface area (Å²) >= 11 is 12.1. The second-order valence-corrected chi connectivity index (χ2v) is 4.25. The Labute approximate surface area is 106 Å². The fourth-order valence-electron chi connectivity index (χ4n) is 1.40. The van der Waals surface area contributed by atoms with Gasteiger partial charge in [-0.15, -0.1) is 0 Å². The maximum atomic E-state index is 8.76. The molecule has 90 valence electrons. The molecule has 1 aromatic rings. The van der Waals surface area contributed by atoms with Crippen molar-refractivity contribution < 1.29 is 9.84 Å². The molecule has 0 unspecified atom stereocenters. The molecule has 0 amide bonds. The number of hydrogen-bond acceptors (Lipinski definition) is 3. The summed E-state index contributed by atoms with van der Waals surface area (Å²) in [5, 5.41) is 9.87. The van der Waals surface area contributed by atoms with Crippen LogP contribution in [0.15, 0.2) is 12.1 Å². The Kier molecular flexibility index (Phi) is 5.19. The quantitative estimate of drug-likeness (QED) is 0.887. The minimum Gasteiger partial charge on any atom is -0.495 e. The lowest BCUT2D eigenvalue weighted by Crippen LogP contribution is -2.19. The van der Waals surface area contributed by atoms with Gasteiger partial charge in [-0.05, 0) is 12.5 Å². The number of methoxy groups -OCH3 is 1. The van der Waals surface area contributed by atoms with Gasteiger partial charge in [0.25, 0.3) is 0 Å². The van der Waals surface area contributed by atoms with Crippen LogP contribution in [0.4, 0.5) is 5.69 Å². The van der Waals surface area contributed by atoms with E-state index in [0.717, 1.165) is 12.2 Å². The van der Waals surface area contributed by atoms with Crippen molar-refractivity contribution in [3.8, 4) is 5.75 Å². The first-order chi connectivity index (χ1) is 7.60. The zero-order chi connectivity index (χ0) is 12.1. The summed E-state index contributed by atoms with van der Waals surface area (Å²) in [7, 11) is 3.45. The lowest BCUT2D eigenvalue weighted by molar-refractivity contribution is 0.290. The Morgan fingerprint density at radius 1 is 1.31 bits per heavy atom. The molecule has 5 heteroatoms. The lowest BCUT2D eigenvalue weighted by Gasteiger charge is -2.21. The Balaban J connectivity index is 2.92. The second kappa shape index (κ2) is 6.18. The van der Waals surface area contributed by atoms with Gasteiger partial charge in [0.2, 0.25) is 0 Å². The van der Waals surface area contributed by atoms with Crippen LogP contribution in [0.1, 0.15) is 6.42 Å². The van der Waals surface area contributed by atoms with Crippen LogP contribution in [0.25, 0.3) is 0 Å². The van der Waals surface area contributed by atoms with Gasteiger partial charge in [0.15, 0.2) is 0 Å². The summed E-state index contributed by atoms with van der Waals surface area (Å²) in [6.07, 6.45) is 0.691. The highest BCUT2D eigenvalue weighted by atomic mass is 35.5. The van der Waals surface area contributed by atoms with Crippen molar-refractivity contribution in [3.63, 3.8) is 0 Å². The van der Waals surface area contributed by atoms with Crippen LogP contribution in [0.3, 0.4) is 0 Å². The van der Waals surface area contributed by atoms with Gasteiger partial charge in [-0.3, -0.25) is 0 Å². The van der Waals surface area contributed by atoms with E-state index in [2.05, 4.69) is 0 Å². The number of benzene rings is 1. The van der Waals surface area contributed by atoms with E-state index in [9.17, 15) is 0 Å². The van der Waals surface area contributed by atoms with Crippen LogP contribution < -0.4 is 9.64 Å². The molecule has 0 aliphatic heterocycles. The fourth-order valence-corrected chi connectivity index (χ4v) is 1.93. The van der Waals surface area contributed by atoms with E-state index in [0.29, 0.717) is 22.2 Å². The Morgan fingerprint density at radius 2 is 2.00 bits per heavy atom. The van der Waals surface area contributed by atoms with E-state index < -0.39 is 0 Å². The van der Waals surface area contributed by atoms with Crippen LogP contribution in [0, 0.1) is 0 Å². The number of aliphatic hydroxyl groups is 1. The molecule has 0 bridgehead atoms. The average Bonchev–Trinajstić information content (AvgIpc) is 2.28. The van der Waals surface area contributed by atoms with Crippen LogP contribution in [-0.2, 0) is 0 Å². The number of rotatable bonds is 5. The number of ether oxygens (including phenoxy) is 1. The van der Waals surface area contributed by atoms with Crippen LogP contribution in [-0.4, -0.2) is 32.4 Å². The number of halogens is 2. The summed E-state index contributed by atoms with van der Waals surface area (Å²) in [4.78, 5) is 1.95. The molecule has 0 fully saturated rings. The van der Waals surface area contributed by atoms with E-state index in [1.54, 1.807) is 19.2 Å². The molecule has 0 saturated carbocycles. The molecule has 0 heterocycles. The van der Waals surface area contributed by atoms with Gasteiger partial charge >= 0.3 is 0 Å². The molecule has 1 N–H and O–H groups in total. The van der Waals surface area contributed by atoms with E-state index in [1.165, 1.54) is 0 Å². The molecule has 0 aliphatic carbocycles. The largest absolute Gasteiger partial charge is 0.495 e. The summed E-state index contributed by atoms with van der Waals surface area (Å²) in [6.45, 7) is 0.880. The third-order valence-corrected chi connectivity index (χ3v) is 2.88. The molecular formula is C11H15Cl2NO2. The standard InChI is InChI=1S/C11H15Cl2NO2/c1-14(4-3-5-15)10-6-9(13)11(16-2)7-8(10)12/h6-7,15H,3-5H2,1-2H3. The van der Waals surface area contributed by atoms with E-state index >= 15 is 0 Å². The molecule has 1 rings (SSSR count). The van der Waals surface area contributed by atoms with Gasteiger partial charge in [0, 0.05) is 26.3 Å². The van der Waals surface area contributed by atoms with Gasteiger partial charge in [-0.25, -0.2) is 0 Å². The smallest absolute Gasteiger partial charge is 0.139 e. The highest BCUT2D eigenvalue weighted by Gasteiger charge is 2.10. The summed E-state index contributed by atoms with van der Waals surface area (Å²) in [5.74, 6) is 0.561. The van der Waals surface area contributed by atoms with Gasteiger partial charge in [-0.2, -0.15) is 0 Å². The third-order valence-electron chi connectivity index (χ3n) is 2.28. The molecule has 3 nitrogen and oxygen atoms in total. The molecule has 0 spiro atoms. The van der Waals surface area contributed by atoms with Crippen molar-refractivity contribution in [1.29, 1.82) is 0 Å². The SMILES string of the molecule is COc1cc(Cl)c(N(C)CCCO)cc1Cl. The first kappa shape index (κ1) is 13.4. The molecule has 0 aliphatic rings. The lowest BCUT2D eigenvalue weighted by atomic mass is 10.2. The van der Waals surface area contributed by atoms with Crippen molar-refractivity contribution in [2.45, 2.75) is 6.42 Å². The minimum absolute atomic E-state index is 0.159. The van der Waals surface area contributed by atoms with E-state index in [4.69, 9.17) is 33.0 Å². The number of hydrogen-bond donors (Lipinski definition) is 1. The van der Waals surface area contributed by atoms with Crippen molar-refractivity contribution in [2.24, 2.45) is 0 Å². The first-order valence-electron chi connectivity index (χ1n) is 4.95. The average molecular weight is 264 g/mol. The summed E-state index contributed by atoms with van der Waals surface area (Å²) in [6, 6.07) is 3.45. The molecule has 1 aromatic carbocycles. The topological polar surface area (TPSA) is 32.7 Å². The predicted octanol–water partition coefficient (Wildman–Crippen LogP) is 2.82. The van der Waals surface area contributed by atoms with Crippen molar-refractivity contribution in [1.82, 2.24) is 0 Å². The normalized spacial score (nSPS) is 10.3. The van der Waals surface area contributed by atoms with Gasteiger partial charge in [0.05, 0.1) is 22.8 Å². The van der Waals surface area contributed by atoms with E-state index in [-0.39, 0.29) is 6.61 Å². The monoisotopic (exact) mass is 263 g/mol. The Hall–Kier alpha value is -0.640. The zero-order valence-corrected chi connectivity index (χ0v) is 10.8. The number of anilines is 1. The highest BCUT2D eigenvalue weighted by Crippen LogP contribution is 2.35. The van der Waals surface area contributed by atoms with Gasteiger partial charge in [-0.1, -0.05) is 23.2 Å². The fraction of sp³-hybridized carbons (Fsp3) is 0.455. The number of nitrogens with zero attached hydrogens (tertiary/aromatic N) is 1. The highest BCUT2D eigenvalue weighted by molar-refractivity contribution is 6.36. The van der Waals surface area contributed by atoms with Crippen molar-refractivity contribution in [2.75, 3.05) is 32.2 Å². The van der Waals surface area contributed by atoms with Crippen LogP contribution >= 0.6 is 23.2 Å². The third kappa shape index (κ3) is 3.17. The van der Waals surface area contributed by atoms with Gasteiger partial charge < -0.3 is 14.7 Å². The van der Waals surface area contributed by atoms with Crippen LogP contribution in [0.5, 0.6) is 5.75 Å². The first-order valence-corrected chi connectivity index (χ1v) is 5.70. The predicted molar refractivity (Wildman–Crippen MR) is 68.0 cm³/mol. The van der Waals surface area contributed by atoms with Crippen LogP contribution in [0.2, 0.25) is 10.0 Å². The van der Waals surface area contributed by atoms with E-state index in [1.807, 2.05) is 11.9 Å². The maximum absolute atomic E-state index is 8.76. The molecule has 0 saturated heterocycles. The molecule has 0 atom stereocenters. The molecular weight excluding hydrogens is 249 g/mol. The summed E-state index contributed by atoms with van der Waals surface area (Å²) in [5.41, 5.74) is 0.834. The maximum Gasteiger partial charge on any atom is 0.139 e. The minimum atomic E-state index is 0.159. The summed E-state index contributed by atoms with van der Waals surface area (Å²) < 4.78 is 5.07. The second-order valence-electron chi connectivity index (χ2n) is 3.44. The Bertz CT molecular complexity index is 358. The Morgan fingerprint density at radius 3 is 2.56 bits per heavy atom. The van der Waals surface area contributed by atoms with Gasteiger partial charge in [0.1, 0.15) is 5.75 Å². The number of aliphatic hydroxyl groups excluding tert-OH is 1. The zero-order valence-electron chi connectivity index (χ0n) is 9.33. The van der Waals surface area contributed by atoms with Crippen molar-refractivity contribution >= 4 is 28.9 Å². The molecule has 16 heavy (non-hydrogen) atoms.